The van der Waals surface area contributed by atoms with Crippen molar-refractivity contribution < 1.29 is 9.90 Å². The van der Waals surface area contributed by atoms with E-state index in [2.05, 4.69) is 29.1 Å². The molecule has 0 aliphatic carbocycles. The van der Waals surface area contributed by atoms with Crippen molar-refractivity contribution in [2.75, 3.05) is 39.8 Å². The first-order valence-corrected chi connectivity index (χ1v) is 8.34. The van der Waals surface area contributed by atoms with Crippen LogP contribution in [0.25, 0.3) is 0 Å². The molecule has 124 valence electrons. The Morgan fingerprint density at radius 2 is 2.00 bits per heavy atom. The van der Waals surface area contributed by atoms with Crippen molar-refractivity contribution in [1.29, 1.82) is 0 Å². The van der Waals surface area contributed by atoms with Crippen LogP contribution in [-0.2, 0) is 4.79 Å². The van der Waals surface area contributed by atoms with Gasteiger partial charge in [0, 0.05) is 6.04 Å². The second kappa shape index (κ2) is 8.71. The fourth-order valence-electron chi connectivity index (χ4n) is 3.20. The molecule has 21 heavy (non-hydrogen) atoms. The predicted molar refractivity (Wildman–Crippen MR) is 86.7 cm³/mol. The van der Waals surface area contributed by atoms with E-state index in [4.69, 9.17) is 0 Å². The fourth-order valence-corrected chi connectivity index (χ4v) is 3.20. The normalized spacial score (nSPS) is 20.6. The number of piperidine rings is 1. The molecule has 0 radical (unpaired) electrons. The molecule has 1 fully saturated rings. The van der Waals surface area contributed by atoms with Crippen LogP contribution in [0.2, 0.25) is 0 Å². The maximum absolute atomic E-state index is 11.4. The Labute approximate surface area is 129 Å². The summed E-state index contributed by atoms with van der Waals surface area (Å²) in [7, 11) is 2.18. The van der Waals surface area contributed by atoms with Crippen LogP contribution in [0.3, 0.4) is 0 Å². The highest BCUT2D eigenvalue weighted by molar-refractivity contribution is 5.78. The van der Waals surface area contributed by atoms with Gasteiger partial charge in [0.25, 0.3) is 0 Å². The molecule has 1 heterocycles. The lowest BCUT2D eigenvalue weighted by molar-refractivity contribution is -0.144. The summed E-state index contributed by atoms with van der Waals surface area (Å²) in [6, 6.07) is 0.656. The van der Waals surface area contributed by atoms with Gasteiger partial charge in [0.2, 0.25) is 0 Å². The van der Waals surface area contributed by atoms with E-state index in [1.165, 1.54) is 25.9 Å². The summed E-state index contributed by atoms with van der Waals surface area (Å²) in [6.07, 6.45) is 4.05. The first-order valence-electron chi connectivity index (χ1n) is 8.34. The minimum Gasteiger partial charge on any atom is -0.480 e. The Morgan fingerprint density at radius 1 is 1.38 bits per heavy atom. The van der Waals surface area contributed by atoms with Gasteiger partial charge in [-0.15, -0.1) is 0 Å². The minimum atomic E-state index is -0.791. The van der Waals surface area contributed by atoms with Gasteiger partial charge in [-0.1, -0.05) is 13.8 Å². The molecule has 0 aromatic rings. The number of nitrogens with zero attached hydrogens (tertiary/aromatic N) is 2. The quantitative estimate of drug-likeness (QED) is 0.678. The van der Waals surface area contributed by atoms with E-state index in [-0.39, 0.29) is 0 Å². The van der Waals surface area contributed by atoms with E-state index < -0.39 is 11.5 Å². The van der Waals surface area contributed by atoms with Crippen molar-refractivity contribution >= 4 is 5.97 Å². The molecule has 1 aliphatic heterocycles. The van der Waals surface area contributed by atoms with Gasteiger partial charge in [-0.05, 0) is 72.4 Å². The highest BCUT2D eigenvalue weighted by Gasteiger charge is 2.31. The van der Waals surface area contributed by atoms with Crippen LogP contribution in [0.1, 0.15) is 46.5 Å². The standard InChI is InChI=1S/C16H33N3O2/c1-5-17-16(3,15(20)21)10-7-11-18(4)14-8-12-19(6-2)13-9-14/h14,17H,5-13H2,1-4H3,(H,20,21). The zero-order chi connectivity index (χ0) is 15.9. The number of carboxylic acid groups (broad SMARTS) is 1. The number of carboxylic acids is 1. The smallest absolute Gasteiger partial charge is 0.323 e. The van der Waals surface area contributed by atoms with Crippen LogP contribution in [0, 0.1) is 0 Å². The summed E-state index contributed by atoms with van der Waals surface area (Å²) >= 11 is 0. The molecule has 0 bridgehead atoms. The summed E-state index contributed by atoms with van der Waals surface area (Å²) < 4.78 is 0. The van der Waals surface area contributed by atoms with E-state index >= 15 is 0 Å². The van der Waals surface area contributed by atoms with Crippen LogP contribution >= 0.6 is 0 Å². The maximum atomic E-state index is 11.4. The largest absolute Gasteiger partial charge is 0.480 e. The van der Waals surface area contributed by atoms with E-state index in [1.807, 2.05) is 6.92 Å². The second-order valence-corrected chi connectivity index (χ2v) is 6.42. The third-order valence-electron chi connectivity index (χ3n) is 4.85. The summed E-state index contributed by atoms with van der Waals surface area (Å²) in [5.74, 6) is -0.747. The average Bonchev–Trinajstić information content (AvgIpc) is 2.47. The number of nitrogens with one attached hydrogen (secondary N) is 1. The molecular weight excluding hydrogens is 266 g/mol. The lowest BCUT2D eigenvalue weighted by atomic mass is 9.95. The van der Waals surface area contributed by atoms with Gasteiger partial charge in [-0.3, -0.25) is 4.79 Å². The molecule has 2 N–H and O–H groups in total. The monoisotopic (exact) mass is 299 g/mol. The lowest BCUT2D eigenvalue weighted by Crippen LogP contribution is -2.50. The number of likely N-dealkylation sites (N-methyl/N-ethyl adjacent to an activating group) is 1. The Bertz CT molecular complexity index is 317. The first kappa shape index (κ1) is 18.4. The molecule has 1 saturated heterocycles. The van der Waals surface area contributed by atoms with E-state index in [1.54, 1.807) is 6.92 Å². The van der Waals surface area contributed by atoms with Crippen LogP contribution in [0.4, 0.5) is 0 Å². The topological polar surface area (TPSA) is 55.8 Å². The summed E-state index contributed by atoms with van der Waals surface area (Å²) in [5, 5.41) is 12.5. The first-order chi connectivity index (χ1) is 9.92. The van der Waals surface area contributed by atoms with Crippen LogP contribution in [0.5, 0.6) is 0 Å². The SMILES string of the molecule is CCNC(C)(CCCN(C)C1CCN(CC)CC1)C(=O)O. The Hall–Kier alpha value is -0.650. The van der Waals surface area contributed by atoms with Crippen molar-refractivity contribution in [2.24, 2.45) is 0 Å². The number of rotatable bonds is 9. The van der Waals surface area contributed by atoms with E-state index in [9.17, 15) is 9.90 Å². The number of carbonyl (C=O) groups is 1. The highest BCUT2D eigenvalue weighted by Crippen LogP contribution is 2.18. The molecule has 0 aromatic heterocycles. The van der Waals surface area contributed by atoms with E-state index in [0.29, 0.717) is 19.0 Å². The van der Waals surface area contributed by atoms with Gasteiger partial charge in [0.15, 0.2) is 0 Å². The Morgan fingerprint density at radius 3 is 2.48 bits per heavy atom. The van der Waals surface area contributed by atoms with Gasteiger partial charge < -0.3 is 20.2 Å². The molecule has 5 nitrogen and oxygen atoms in total. The van der Waals surface area contributed by atoms with Gasteiger partial charge >= 0.3 is 5.97 Å². The van der Waals surface area contributed by atoms with Gasteiger partial charge in [-0.2, -0.15) is 0 Å². The third-order valence-corrected chi connectivity index (χ3v) is 4.85. The molecule has 0 saturated carbocycles. The molecule has 1 aliphatic rings. The molecule has 1 rings (SSSR count). The number of aliphatic carboxylic acids is 1. The minimum absolute atomic E-state index is 0.656. The van der Waals surface area contributed by atoms with Crippen LogP contribution in [0.15, 0.2) is 0 Å². The van der Waals surface area contributed by atoms with Crippen molar-refractivity contribution in [3.8, 4) is 0 Å². The van der Waals surface area contributed by atoms with Gasteiger partial charge in [0.05, 0.1) is 0 Å². The van der Waals surface area contributed by atoms with Crippen LogP contribution in [-0.4, -0.2) is 72.2 Å². The summed E-state index contributed by atoms with van der Waals surface area (Å²) in [5.41, 5.74) is -0.791. The molecule has 0 amide bonds. The molecule has 1 atom stereocenters. The Kier molecular flexibility index (Phi) is 7.63. The third kappa shape index (κ3) is 5.57. The van der Waals surface area contributed by atoms with Crippen molar-refractivity contribution in [3.05, 3.63) is 0 Å². The molecule has 5 heteroatoms. The van der Waals surface area contributed by atoms with Crippen molar-refractivity contribution in [3.63, 3.8) is 0 Å². The van der Waals surface area contributed by atoms with Crippen LogP contribution < -0.4 is 5.32 Å². The summed E-state index contributed by atoms with van der Waals surface area (Å²) in [6.45, 7) is 11.2. The molecule has 1 unspecified atom stereocenters. The zero-order valence-electron chi connectivity index (χ0n) is 14.2. The number of hydrogen-bond donors (Lipinski definition) is 2. The molecular formula is C16H33N3O2. The summed E-state index contributed by atoms with van der Waals surface area (Å²) in [4.78, 5) is 16.3. The second-order valence-electron chi connectivity index (χ2n) is 6.42. The van der Waals surface area contributed by atoms with Gasteiger partial charge in [-0.25, -0.2) is 0 Å². The van der Waals surface area contributed by atoms with E-state index in [0.717, 1.165) is 19.5 Å². The fraction of sp³-hybridized carbons (Fsp3) is 0.938. The van der Waals surface area contributed by atoms with Gasteiger partial charge in [0.1, 0.15) is 5.54 Å². The molecule has 0 aromatic carbocycles. The predicted octanol–water partition coefficient (Wildman–Crippen LogP) is 1.64. The lowest BCUT2D eigenvalue weighted by Gasteiger charge is -2.36. The Balaban J connectivity index is 2.32. The average molecular weight is 299 g/mol. The number of likely N-dealkylation sites (tertiary alicyclic amines) is 1. The van der Waals surface area contributed by atoms with Crippen molar-refractivity contribution in [2.45, 2.75) is 58.0 Å². The highest BCUT2D eigenvalue weighted by atomic mass is 16.4. The number of hydrogen-bond acceptors (Lipinski definition) is 4. The van der Waals surface area contributed by atoms with Crippen molar-refractivity contribution in [1.82, 2.24) is 15.1 Å². The molecule has 0 spiro atoms. The maximum Gasteiger partial charge on any atom is 0.323 e. The zero-order valence-corrected chi connectivity index (χ0v) is 14.2.